The van der Waals surface area contributed by atoms with Gasteiger partial charge in [0, 0.05) is 0 Å². The molecule has 0 unspecified atom stereocenters. The maximum Gasteiger partial charge on any atom is 0.388 e. The van der Waals surface area contributed by atoms with E-state index in [1.54, 1.807) is 30.3 Å². The highest BCUT2D eigenvalue weighted by molar-refractivity contribution is 8.00. The maximum absolute atomic E-state index is 12.8. The number of esters is 2. The van der Waals surface area contributed by atoms with Crippen LogP contribution in [0.5, 0.6) is 0 Å². The molecule has 0 aromatic heterocycles. The van der Waals surface area contributed by atoms with Crippen molar-refractivity contribution in [1.82, 2.24) is 0 Å². The van der Waals surface area contributed by atoms with Gasteiger partial charge in [-0.15, -0.1) is 0 Å². The number of hydrogen-bond acceptors (Lipinski definition) is 5. The van der Waals surface area contributed by atoms with Crippen LogP contribution in [0, 0.1) is 0 Å². The molecule has 4 nitrogen and oxygen atoms in total. The molecule has 21 heavy (non-hydrogen) atoms. The van der Waals surface area contributed by atoms with Gasteiger partial charge in [-0.25, -0.2) is 9.59 Å². The van der Waals surface area contributed by atoms with Crippen LogP contribution < -0.4 is 0 Å². The summed E-state index contributed by atoms with van der Waals surface area (Å²) >= 11 is 0.0762. The summed E-state index contributed by atoms with van der Waals surface area (Å²) in [5.74, 6) is -2.28. The molecule has 1 rings (SSSR count). The second-order valence-electron chi connectivity index (χ2n) is 3.82. The Kier molecular flexibility index (Phi) is 6.36. The van der Waals surface area contributed by atoms with Crippen molar-refractivity contribution in [2.75, 3.05) is 19.5 Å². The van der Waals surface area contributed by atoms with Crippen molar-refractivity contribution in [2.24, 2.45) is 0 Å². The molecule has 7 heteroatoms. The van der Waals surface area contributed by atoms with Crippen LogP contribution in [-0.4, -0.2) is 36.7 Å². The summed E-state index contributed by atoms with van der Waals surface area (Å²) in [6, 6.07) is 6.46. The number of ether oxygens (including phenoxy) is 2. The third-order valence-corrected chi connectivity index (χ3v) is 3.11. The average Bonchev–Trinajstić information content (AvgIpc) is 2.51. The minimum atomic E-state index is -3.59. The molecule has 1 aromatic rings. The molecule has 0 radical (unpaired) electrons. The van der Waals surface area contributed by atoms with Gasteiger partial charge in [-0.1, -0.05) is 36.5 Å². The second-order valence-corrected chi connectivity index (χ2v) is 4.74. The third-order valence-electron chi connectivity index (χ3n) is 2.43. The molecular weight excluding hydrogens is 302 g/mol. The Hall–Kier alpha value is -1.89. The zero-order chi connectivity index (χ0) is 15.9. The Balaban J connectivity index is 2.37. The summed E-state index contributed by atoms with van der Waals surface area (Å²) in [5.41, 5.74) is 1.15. The first kappa shape index (κ1) is 17.2. The van der Waals surface area contributed by atoms with Gasteiger partial charge in [0.25, 0.3) is 0 Å². The molecule has 0 aliphatic rings. The lowest BCUT2D eigenvalue weighted by Crippen LogP contribution is -2.28. The molecule has 0 saturated carbocycles. The number of carbonyl (C=O) groups excluding carboxylic acids is 2. The maximum atomic E-state index is 12.8. The first-order valence-corrected chi connectivity index (χ1v) is 7.13. The van der Waals surface area contributed by atoms with Gasteiger partial charge in [0.1, 0.15) is 13.2 Å². The molecule has 0 atom stereocenters. The molecule has 1 aromatic carbocycles. The number of hydrogen-bond donors (Lipinski definition) is 0. The Morgan fingerprint density at radius 1 is 1.24 bits per heavy atom. The van der Waals surface area contributed by atoms with Crippen molar-refractivity contribution in [3.8, 4) is 0 Å². The SMILES string of the molecule is C=Cc1ccc(C(=O)OCCOC(=O)C(F)(F)SC)cc1. The van der Waals surface area contributed by atoms with Crippen LogP contribution in [0.15, 0.2) is 30.8 Å². The monoisotopic (exact) mass is 316 g/mol. The van der Waals surface area contributed by atoms with E-state index in [1.807, 2.05) is 0 Å². The van der Waals surface area contributed by atoms with E-state index in [-0.39, 0.29) is 18.4 Å². The van der Waals surface area contributed by atoms with Crippen molar-refractivity contribution in [3.63, 3.8) is 0 Å². The van der Waals surface area contributed by atoms with Crippen molar-refractivity contribution in [2.45, 2.75) is 5.25 Å². The lowest BCUT2D eigenvalue weighted by atomic mass is 10.1. The summed E-state index contributed by atoms with van der Waals surface area (Å²) in [7, 11) is 0. The van der Waals surface area contributed by atoms with Crippen LogP contribution >= 0.6 is 11.8 Å². The number of halogens is 2. The molecule has 114 valence electrons. The summed E-state index contributed by atoms with van der Waals surface area (Å²) in [4.78, 5) is 22.5. The van der Waals surface area contributed by atoms with Crippen LogP contribution in [0.4, 0.5) is 8.78 Å². The molecule has 0 bridgehead atoms. The van der Waals surface area contributed by atoms with Gasteiger partial charge in [0.15, 0.2) is 0 Å². The first-order chi connectivity index (χ1) is 9.90. The van der Waals surface area contributed by atoms with E-state index in [0.717, 1.165) is 11.8 Å². The lowest BCUT2D eigenvalue weighted by molar-refractivity contribution is -0.161. The van der Waals surface area contributed by atoms with Crippen LogP contribution in [0.1, 0.15) is 15.9 Å². The quantitative estimate of drug-likeness (QED) is 0.572. The molecular formula is C14H14F2O4S. The fourth-order valence-corrected chi connectivity index (χ4v) is 1.50. The Bertz CT molecular complexity index is 514. The number of rotatable bonds is 7. The molecule has 0 N–H and O–H groups in total. The van der Waals surface area contributed by atoms with Crippen LogP contribution in [0.25, 0.3) is 6.08 Å². The number of benzene rings is 1. The zero-order valence-electron chi connectivity index (χ0n) is 11.3. The van der Waals surface area contributed by atoms with Gasteiger partial charge in [0.2, 0.25) is 0 Å². The van der Waals surface area contributed by atoms with Gasteiger partial charge < -0.3 is 9.47 Å². The minimum Gasteiger partial charge on any atom is -0.458 e. The van der Waals surface area contributed by atoms with E-state index in [2.05, 4.69) is 11.3 Å². The Morgan fingerprint density at radius 3 is 2.33 bits per heavy atom. The van der Waals surface area contributed by atoms with Gasteiger partial charge in [0.05, 0.1) is 5.56 Å². The number of alkyl halides is 2. The van der Waals surface area contributed by atoms with Gasteiger partial charge in [-0.3, -0.25) is 0 Å². The standard InChI is InChI=1S/C14H14F2O4S/c1-3-10-4-6-11(7-5-10)12(17)19-8-9-20-13(18)14(15,16)21-2/h3-7H,1,8-9H2,2H3. The van der Waals surface area contributed by atoms with E-state index in [9.17, 15) is 18.4 Å². The highest BCUT2D eigenvalue weighted by atomic mass is 32.2. The van der Waals surface area contributed by atoms with Crippen LogP contribution in [0.3, 0.4) is 0 Å². The van der Waals surface area contributed by atoms with Crippen molar-refractivity contribution < 1.29 is 27.8 Å². The van der Waals surface area contributed by atoms with Gasteiger partial charge in [-0.05, 0) is 24.0 Å². The van der Waals surface area contributed by atoms with Gasteiger partial charge >= 0.3 is 17.2 Å². The van der Waals surface area contributed by atoms with Crippen LogP contribution in [-0.2, 0) is 14.3 Å². The largest absolute Gasteiger partial charge is 0.458 e. The topological polar surface area (TPSA) is 52.6 Å². The minimum absolute atomic E-state index is 0.0762. The van der Waals surface area contributed by atoms with Gasteiger partial charge in [-0.2, -0.15) is 8.78 Å². The molecule has 0 aliphatic carbocycles. The van der Waals surface area contributed by atoms with Crippen molar-refractivity contribution in [3.05, 3.63) is 42.0 Å². The fraction of sp³-hybridized carbons (Fsp3) is 0.286. The smallest absolute Gasteiger partial charge is 0.388 e. The molecule has 0 saturated heterocycles. The van der Waals surface area contributed by atoms with E-state index < -0.39 is 23.8 Å². The molecule has 0 heterocycles. The lowest BCUT2D eigenvalue weighted by Gasteiger charge is -2.12. The Morgan fingerprint density at radius 2 is 1.81 bits per heavy atom. The summed E-state index contributed by atoms with van der Waals surface area (Å²) in [6.07, 6.45) is 2.72. The summed E-state index contributed by atoms with van der Waals surface area (Å²) in [6.45, 7) is 2.86. The molecule has 0 aliphatic heterocycles. The highest BCUT2D eigenvalue weighted by Crippen LogP contribution is 2.27. The summed E-state index contributed by atoms with van der Waals surface area (Å²) in [5, 5.41) is -3.59. The summed E-state index contributed by atoms with van der Waals surface area (Å²) < 4.78 is 34.8. The fourth-order valence-electron chi connectivity index (χ4n) is 1.27. The molecule has 0 spiro atoms. The highest BCUT2D eigenvalue weighted by Gasteiger charge is 2.39. The predicted octanol–water partition coefficient (Wildman–Crippen LogP) is 2.99. The zero-order valence-corrected chi connectivity index (χ0v) is 12.1. The average molecular weight is 316 g/mol. The van der Waals surface area contributed by atoms with Crippen LogP contribution in [0.2, 0.25) is 0 Å². The second kappa shape index (κ2) is 7.78. The first-order valence-electron chi connectivity index (χ1n) is 5.90. The number of carbonyl (C=O) groups is 2. The van der Waals surface area contributed by atoms with Crippen molar-refractivity contribution in [1.29, 1.82) is 0 Å². The third kappa shape index (κ3) is 5.18. The predicted molar refractivity (Wildman–Crippen MR) is 76.2 cm³/mol. The van der Waals surface area contributed by atoms with E-state index >= 15 is 0 Å². The van der Waals surface area contributed by atoms with E-state index in [1.165, 1.54) is 0 Å². The normalized spacial score (nSPS) is 10.8. The van der Waals surface area contributed by atoms with E-state index in [4.69, 9.17) is 4.74 Å². The number of thioether (sulfide) groups is 1. The van der Waals surface area contributed by atoms with E-state index in [0.29, 0.717) is 5.56 Å². The van der Waals surface area contributed by atoms with Crippen molar-refractivity contribution >= 4 is 29.8 Å². The molecule has 0 amide bonds. The Labute approximate surface area is 125 Å². The molecule has 0 fully saturated rings.